The van der Waals surface area contributed by atoms with Gasteiger partial charge in [0, 0.05) is 29.6 Å². The maximum Gasteiger partial charge on any atom is 0.359 e. The predicted octanol–water partition coefficient (Wildman–Crippen LogP) is 4.94. The van der Waals surface area contributed by atoms with E-state index in [0.29, 0.717) is 23.5 Å². The highest BCUT2D eigenvalue weighted by Crippen LogP contribution is 2.33. The summed E-state index contributed by atoms with van der Waals surface area (Å²) in [6.07, 6.45) is 3.39. The molecule has 0 radical (unpaired) electrons. The first-order chi connectivity index (χ1) is 16.3. The molecule has 0 unspecified atom stereocenters. The van der Waals surface area contributed by atoms with E-state index in [2.05, 4.69) is 4.98 Å². The van der Waals surface area contributed by atoms with Gasteiger partial charge in [-0.15, -0.1) is 0 Å². The molecule has 0 saturated heterocycles. The molecule has 0 amide bonds. The van der Waals surface area contributed by atoms with Gasteiger partial charge in [0.05, 0.1) is 4.90 Å². The first-order valence-electron chi connectivity index (χ1n) is 10.6. The highest BCUT2D eigenvalue weighted by molar-refractivity contribution is 7.91. The molecule has 8 heteroatoms. The predicted molar refractivity (Wildman–Crippen MR) is 127 cm³/mol. The van der Waals surface area contributed by atoms with Gasteiger partial charge in [0.2, 0.25) is 9.84 Å². The Kier molecular flexibility index (Phi) is 6.51. The van der Waals surface area contributed by atoms with Gasteiger partial charge >= 0.3 is 5.63 Å². The number of aromatic hydroxyl groups is 1. The summed E-state index contributed by atoms with van der Waals surface area (Å²) in [4.78, 5) is 16.0. The lowest BCUT2D eigenvalue weighted by atomic mass is 10.0. The number of hydrogen-bond donors (Lipinski definition) is 1. The van der Waals surface area contributed by atoms with Crippen molar-refractivity contribution in [2.45, 2.75) is 36.2 Å². The number of rotatable bonds is 7. The molecule has 2 heterocycles. The number of nitrogens with zero attached hydrogens (tertiary/aromatic N) is 1. The molecule has 4 aromatic rings. The summed E-state index contributed by atoms with van der Waals surface area (Å²) < 4.78 is 37.5. The highest BCUT2D eigenvalue weighted by Gasteiger charge is 2.30. The van der Waals surface area contributed by atoms with E-state index in [1.54, 1.807) is 54.9 Å². The van der Waals surface area contributed by atoms with Crippen LogP contribution in [-0.4, -0.2) is 18.5 Å². The summed E-state index contributed by atoms with van der Waals surface area (Å²) >= 11 is 0. The molecule has 2 aromatic carbocycles. The molecular formula is C26H23NO6S. The lowest BCUT2D eigenvalue weighted by Crippen LogP contribution is -2.16. The summed E-state index contributed by atoms with van der Waals surface area (Å²) in [5, 5.41) is 10.6. The maximum atomic E-state index is 13.2. The Bertz CT molecular complexity index is 1460. The van der Waals surface area contributed by atoms with Crippen molar-refractivity contribution in [3.05, 3.63) is 101 Å². The quantitative estimate of drug-likeness (QED) is 0.402. The molecule has 0 spiro atoms. The van der Waals surface area contributed by atoms with Crippen LogP contribution in [0.2, 0.25) is 0 Å². The maximum absolute atomic E-state index is 13.2. The minimum absolute atomic E-state index is 0.0320. The van der Waals surface area contributed by atoms with Crippen molar-refractivity contribution in [1.29, 1.82) is 0 Å². The van der Waals surface area contributed by atoms with Crippen molar-refractivity contribution in [2.24, 2.45) is 0 Å². The van der Waals surface area contributed by atoms with E-state index >= 15 is 0 Å². The van der Waals surface area contributed by atoms with Crippen LogP contribution in [0.1, 0.15) is 30.9 Å². The van der Waals surface area contributed by atoms with Crippen LogP contribution in [0.25, 0.3) is 11.3 Å². The van der Waals surface area contributed by atoms with Crippen LogP contribution >= 0.6 is 0 Å². The fraction of sp³-hybridized carbons (Fsp3) is 0.154. The van der Waals surface area contributed by atoms with E-state index in [4.69, 9.17) is 9.15 Å². The van der Waals surface area contributed by atoms with Crippen molar-refractivity contribution >= 4 is 9.84 Å². The SMILES string of the molecule is CC(C)c1ccccc1S(=O)(=O)c1c(O)cc(-c2ccc(OCc3cccnc3)cc2)oc1=O. The Morgan fingerprint density at radius 2 is 1.76 bits per heavy atom. The minimum Gasteiger partial charge on any atom is -0.506 e. The van der Waals surface area contributed by atoms with Gasteiger partial charge in [-0.1, -0.05) is 38.1 Å². The summed E-state index contributed by atoms with van der Waals surface area (Å²) in [5.74, 6) is -0.138. The third-order valence-electron chi connectivity index (χ3n) is 5.25. The molecule has 2 aromatic heterocycles. The van der Waals surface area contributed by atoms with Crippen molar-refractivity contribution in [3.8, 4) is 22.8 Å². The zero-order valence-corrected chi connectivity index (χ0v) is 19.5. The van der Waals surface area contributed by atoms with Gasteiger partial charge in [-0.05, 0) is 47.9 Å². The third kappa shape index (κ3) is 4.72. The Hall–Kier alpha value is -3.91. The number of benzene rings is 2. The monoisotopic (exact) mass is 477 g/mol. The zero-order valence-electron chi connectivity index (χ0n) is 18.6. The van der Waals surface area contributed by atoms with Crippen LogP contribution in [0.3, 0.4) is 0 Å². The van der Waals surface area contributed by atoms with E-state index < -0.39 is 26.1 Å². The molecule has 0 atom stereocenters. The van der Waals surface area contributed by atoms with Crippen molar-refractivity contribution < 1.29 is 22.7 Å². The molecule has 7 nitrogen and oxygen atoms in total. The average Bonchev–Trinajstić information content (AvgIpc) is 2.83. The summed E-state index contributed by atoms with van der Waals surface area (Å²) in [6.45, 7) is 4.04. The Balaban J connectivity index is 1.63. The normalized spacial score (nSPS) is 11.5. The van der Waals surface area contributed by atoms with Crippen LogP contribution in [0.15, 0.2) is 98.1 Å². The number of aromatic nitrogens is 1. The molecule has 0 aliphatic rings. The molecular weight excluding hydrogens is 454 g/mol. The first-order valence-corrected chi connectivity index (χ1v) is 12.1. The van der Waals surface area contributed by atoms with Crippen LogP contribution in [-0.2, 0) is 16.4 Å². The molecule has 1 N–H and O–H groups in total. The van der Waals surface area contributed by atoms with Gasteiger partial charge in [0.15, 0.2) is 4.90 Å². The third-order valence-corrected chi connectivity index (χ3v) is 7.12. The number of ether oxygens (including phenoxy) is 1. The molecule has 0 saturated carbocycles. The van der Waals surface area contributed by atoms with Crippen LogP contribution in [0, 0.1) is 0 Å². The van der Waals surface area contributed by atoms with Gasteiger partial charge in [0.25, 0.3) is 0 Å². The Morgan fingerprint density at radius 1 is 1.03 bits per heavy atom. The van der Waals surface area contributed by atoms with Crippen molar-refractivity contribution in [3.63, 3.8) is 0 Å². The van der Waals surface area contributed by atoms with Gasteiger partial charge < -0.3 is 14.3 Å². The summed E-state index contributed by atoms with van der Waals surface area (Å²) in [7, 11) is -4.30. The molecule has 4 rings (SSSR count). The van der Waals surface area contributed by atoms with E-state index in [1.807, 2.05) is 26.0 Å². The molecule has 174 valence electrons. The first kappa shape index (κ1) is 23.3. The Morgan fingerprint density at radius 3 is 2.41 bits per heavy atom. The largest absolute Gasteiger partial charge is 0.506 e. The Labute approximate surface area is 197 Å². The minimum atomic E-state index is -4.30. The van der Waals surface area contributed by atoms with E-state index in [1.165, 1.54) is 6.07 Å². The van der Waals surface area contributed by atoms with Gasteiger partial charge in [0.1, 0.15) is 23.9 Å². The van der Waals surface area contributed by atoms with Gasteiger partial charge in [-0.25, -0.2) is 13.2 Å². The number of pyridine rings is 1. The fourth-order valence-electron chi connectivity index (χ4n) is 3.54. The zero-order chi connectivity index (χ0) is 24.3. The lowest BCUT2D eigenvalue weighted by molar-refractivity contribution is 0.306. The second kappa shape index (κ2) is 9.52. The van der Waals surface area contributed by atoms with E-state index in [0.717, 1.165) is 11.6 Å². The van der Waals surface area contributed by atoms with E-state index in [-0.39, 0.29) is 16.6 Å². The van der Waals surface area contributed by atoms with E-state index in [9.17, 15) is 18.3 Å². The summed E-state index contributed by atoms with van der Waals surface area (Å²) in [5.41, 5.74) is 0.809. The number of hydrogen-bond acceptors (Lipinski definition) is 7. The van der Waals surface area contributed by atoms with Gasteiger partial charge in [-0.3, -0.25) is 4.98 Å². The molecule has 34 heavy (non-hydrogen) atoms. The fourth-order valence-corrected chi connectivity index (χ4v) is 5.22. The second-order valence-corrected chi connectivity index (χ2v) is 9.84. The lowest BCUT2D eigenvalue weighted by Gasteiger charge is -2.13. The second-order valence-electron chi connectivity index (χ2n) is 7.98. The van der Waals surface area contributed by atoms with Crippen LogP contribution < -0.4 is 10.4 Å². The molecule has 0 aliphatic carbocycles. The molecule has 0 aliphatic heterocycles. The van der Waals surface area contributed by atoms with Gasteiger partial charge in [-0.2, -0.15) is 0 Å². The topological polar surface area (TPSA) is 107 Å². The number of sulfone groups is 1. The highest BCUT2D eigenvalue weighted by atomic mass is 32.2. The van der Waals surface area contributed by atoms with Crippen LogP contribution in [0.5, 0.6) is 11.5 Å². The summed E-state index contributed by atoms with van der Waals surface area (Å²) in [6, 6.07) is 17.9. The molecule has 0 fully saturated rings. The smallest absolute Gasteiger partial charge is 0.359 e. The van der Waals surface area contributed by atoms with Crippen molar-refractivity contribution in [1.82, 2.24) is 4.98 Å². The average molecular weight is 478 g/mol. The standard InChI is InChI=1S/C26H23NO6S/c1-17(2)21-7-3-4-8-24(21)34(30,31)25-22(28)14-23(33-26(25)29)19-9-11-20(12-10-19)32-16-18-6-5-13-27-15-18/h3-15,17,28H,16H2,1-2H3. The van der Waals surface area contributed by atoms with Crippen LogP contribution in [0.4, 0.5) is 0 Å². The molecule has 0 bridgehead atoms. The van der Waals surface area contributed by atoms with Crippen molar-refractivity contribution in [2.75, 3.05) is 0 Å².